The Kier molecular flexibility index (Phi) is 5.18. The van der Waals surface area contributed by atoms with Crippen LogP contribution in [-0.4, -0.2) is 42.5 Å². The van der Waals surface area contributed by atoms with E-state index in [9.17, 15) is 4.79 Å². The van der Waals surface area contributed by atoms with Crippen molar-refractivity contribution in [1.82, 2.24) is 4.90 Å². The lowest BCUT2D eigenvalue weighted by molar-refractivity contribution is -0.131. The van der Waals surface area contributed by atoms with E-state index in [0.29, 0.717) is 19.6 Å². The summed E-state index contributed by atoms with van der Waals surface area (Å²) < 4.78 is 5.42. The minimum atomic E-state index is -0.456. The Morgan fingerprint density at radius 2 is 1.96 bits per heavy atom. The van der Waals surface area contributed by atoms with Crippen LogP contribution in [0.4, 0.5) is 0 Å². The molecule has 0 unspecified atom stereocenters. The number of hydrogen-bond donors (Lipinski definition) is 0. The summed E-state index contributed by atoms with van der Waals surface area (Å²) in [6.07, 6.45) is 0.470. The largest absolute Gasteiger partial charge is 0.379 e. The predicted molar refractivity (Wildman–Crippen MR) is 99.7 cm³/mol. The normalized spacial score (nSPS) is 16.3. The van der Waals surface area contributed by atoms with Crippen molar-refractivity contribution in [3.8, 4) is 10.4 Å². The molecular formula is C20H25NO2S. The minimum absolute atomic E-state index is 0.269. The maximum absolute atomic E-state index is 13.0. The number of carbonyl (C=O) groups excluding carboxylic acids is 1. The van der Waals surface area contributed by atoms with E-state index in [-0.39, 0.29) is 5.78 Å². The molecule has 0 amide bonds. The van der Waals surface area contributed by atoms with Crippen molar-refractivity contribution < 1.29 is 9.53 Å². The summed E-state index contributed by atoms with van der Waals surface area (Å²) >= 11 is 1.74. The summed E-state index contributed by atoms with van der Waals surface area (Å²) in [5.74, 6) is 0.269. The number of Topliss-reactive ketones (excluding diaryl/α,β-unsaturated/α-hetero) is 1. The molecule has 0 bridgehead atoms. The van der Waals surface area contributed by atoms with E-state index >= 15 is 0 Å². The summed E-state index contributed by atoms with van der Waals surface area (Å²) in [5, 5.41) is 2.16. The van der Waals surface area contributed by atoms with Crippen LogP contribution in [0.15, 0.2) is 35.7 Å². The van der Waals surface area contributed by atoms with Crippen LogP contribution in [0.25, 0.3) is 10.4 Å². The van der Waals surface area contributed by atoms with Crippen molar-refractivity contribution in [2.24, 2.45) is 0 Å². The van der Waals surface area contributed by atoms with E-state index in [4.69, 9.17) is 4.74 Å². The quantitative estimate of drug-likeness (QED) is 0.823. The number of ketones is 1. The van der Waals surface area contributed by atoms with Crippen molar-refractivity contribution in [2.75, 3.05) is 26.3 Å². The second kappa shape index (κ2) is 7.18. The standard InChI is InChI=1S/C20H25NO2S/c1-15-12-18(24-14-15)17-7-5-4-6-16(17)13-19(22)20(2,3)21-8-10-23-11-9-21/h4-7,12,14H,8-11,13H2,1-3H3. The molecule has 128 valence electrons. The summed E-state index contributed by atoms with van der Waals surface area (Å²) in [4.78, 5) is 16.5. The monoisotopic (exact) mass is 343 g/mol. The molecule has 1 fully saturated rings. The van der Waals surface area contributed by atoms with Crippen LogP contribution in [0, 0.1) is 6.92 Å². The van der Waals surface area contributed by atoms with Gasteiger partial charge < -0.3 is 4.74 Å². The Balaban J connectivity index is 1.82. The average Bonchev–Trinajstić information content (AvgIpc) is 3.02. The highest BCUT2D eigenvalue weighted by Gasteiger charge is 2.35. The molecule has 2 heterocycles. The number of aryl methyl sites for hydroxylation is 1. The highest BCUT2D eigenvalue weighted by molar-refractivity contribution is 7.13. The van der Waals surface area contributed by atoms with E-state index in [1.165, 1.54) is 16.0 Å². The van der Waals surface area contributed by atoms with Gasteiger partial charge in [-0.15, -0.1) is 11.3 Å². The summed E-state index contributed by atoms with van der Waals surface area (Å²) in [7, 11) is 0. The molecule has 1 aliphatic rings. The van der Waals surface area contributed by atoms with Crippen LogP contribution in [0.3, 0.4) is 0 Å². The molecule has 0 atom stereocenters. The molecule has 2 aromatic rings. The van der Waals surface area contributed by atoms with E-state index < -0.39 is 5.54 Å². The lowest BCUT2D eigenvalue weighted by Gasteiger charge is -2.39. The maximum atomic E-state index is 13.0. The van der Waals surface area contributed by atoms with E-state index in [2.05, 4.69) is 35.4 Å². The van der Waals surface area contributed by atoms with Crippen molar-refractivity contribution in [3.05, 3.63) is 46.8 Å². The predicted octanol–water partition coefficient (Wildman–Crippen LogP) is 3.95. The van der Waals surface area contributed by atoms with Crippen molar-refractivity contribution in [2.45, 2.75) is 32.7 Å². The fraction of sp³-hybridized carbons (Fsp3) is 0.450. The molecule has 1 aromatic carbocycles. The summed E-state index contributed by atoms with van der Waals surface area (Å²) in [5.41, 5.74) is 3.11. The van der Waals surface area contributed by atoms with Crippen molar-refractivity contribution in [1.29, 1.82) is 0 Å². The molecule has 0 N–H and O–H groups in total. The van der Waals surface area contributed by atoms with Gasteiger partial charge in [0, 0.05) is 24.4 Å². The molecule has 3 nitrogen and oxygen atoms in total. The highest BCUT2D eigenvalue weighted by Crippen LogP contribution is 2.31. The molecule has 0 saturated carbocycles. The number of morpholine rings is 1. The van der Waals surface area contributed by atoms with Gasteiger partial charge in [0.2, 0.25) is 0 Å². The number of benzene rings is 1. The maximum Gasteiger partial charge on any atom is 0.156 e. The van der Waals surface area contributed by atoms with Crippen LogP contribution >= 0.6 is 11.3 Å². The molecule has 4 heteroatoms. The molecule has 1 aliphatic heterocycles. The SMILES string of the molecule is Cc1csc(-c2ccccc2CC(=O)C(C)(C)N2CCOCC2)c1. The lowest BCUT2D eigenvalue weighted by Crippen LogP contribution is -2.54. The molecule has 0 spiro atoms. The van der Waals surface area contributed by atoms with E-state index in [1.54, 1.807) is 11.3 Å². The van der Waals surface area contributed by atoms with Gasteiger partial charge in [-0.3, -0.25) is 9.69 Å². The van der Waals surface area contributed by atoms with Gasteiger partial charge >= 0.3 is 0 Å². The molecule has 0 radical (unpaired) electrons. The van der Waals surface area contributed by atoms with Gasteiger partial charge in [0.15, 0.2) is 5.78 Å². The van der Waals surface area contributed by atoms with Gasteiger partial charge in [-0.2, -0.15) is 0 Å². The number of rotatable bonds is 5. The zero-order valence-electron chi connectivity index (χ0n) is 14.7. The Morgan fingerprint density at radius 3 is 2.62 bits per heavy atom. The van der Waals surface area contributed by atoms with Crippen LogP contribution < -0.4 is 0 Å². The number of carbonyl (C=O) groups is 1. The van der Waals surface area contributed by atoms with Gasteiger partial charge in [0.05, 0.1) is 18.8 Å². The lowest BCUT2D eigenvalue weighted by atomic mass is 9.89. The Bertz CT molecular complexity index is 714. The van der Waals surface area contributed by atoms with Crippen LogP contribution in [0.2, 0.25) is 0 Å². The molecule has 24 heavy (non-hydrogen) atoms. The third kappa shape index (κ3) is 3.61. The third-order valence-electron chi connectivity index (χ3n) is 4.85. The van der Waals surface area contributed by atoms with Gasteiger partial charge in [-0.1, -0.05) is 24.3 Å². The first kappa shape index (κ1) is 17.3. The first-order chi connectivity index (χ1) is 11.5. The molecule has 1 aromatic heterocycles. The smallest absolute Gasteiger partial charge is 0.156 e. The van der Waals surface area contributed by atoms with Crippen LogP contribution in [0.1, 0.15) is 25.0 Å². The number of nitrogens with zero attached hydrogens (tertiary/aromatic N) is 1. The Labute approximate surface area is 148 Å². The van der Waals surface area contributed by atoms with Crippen LogP contribution in [0.5, 0.6) is 0 Å². The number of thiophene rings is 1. The van der Waals surface area contributed by atoms with Gasteiger partial charge in [-0.25, -0.2) is 0 Å². The first-order valence-corrected chi connectivity index (χ1v) is 9.36. The van der Waals surface area contributed by atoms with E-state index in [0.717, 1.165) is 18.7 Å². The Hall–Kier alpha value is -1.49. The van der Waals surface area contributed by atoms with Gasteiger partial charge in [0.1, 0.15) is 0 Å². The molecule has 0 aliphatic carbocycles. The zero-order chi connectivity index (χ0) is 17.2. The molecular weight excluding hydrogens is 318 g/mol. The fourth-order valence-electron chi connectivity index (χ4n) is 3.18. The summed E-state index contributed by atoms with van der Waals surface area (Å²) in [6, 6.07) is 10.5. The second-order valence-electron chi connectivity index (χ2n) is 6.90. The first-order valence-electron chi connectivity index (χ1n) is 8.48. The van der Waals surface area contributed by atoms with Crippen molar-refractivity contribution >= 4 is 17.1 Å². The second-order valence-corrected chi connectivity index (χ2v) is 7.82. The molecule has 1 saturated heterocycles. The number of ether oxygens (including phenoxy) is 1. The van der Waals surface area contributed by atoms with Crippen LogP contribution in [-0.2, 0) is 16.0 Å². The minimum Gasteiger partial charge on any atom is -0.379 e. The average molecular weight is 343 g/mol. The van der Waals surface area contributed by atoms with Crippen molar-refractivity contribution in [3.63, 3.8) is 0 Å². The number of hydrogen-bond acceptors (Lipinski definition) is 4. The summed E-state index contributed by atoms with van der Waals surface area (Å²) in [6.45, 7) is 9.25. The Morgan fingerprint density at radius 1 is 1.25 bits per heavy atom. The van der Waals surface area contributed by atoms with Gasteiger partial charge in [-0.05, 0) is 48.9 Å². The molecule has 3 rings (SSSR count). The fourth-order valence-corrected chi connectivity index (χ4v) is 4.14. The topological polar surface area (TPSA) is 29.5 Å². The highest BCUT2D eigenvalue weighted by atomic mass is 32.1. The zero-order valence-corrected chi connectivity index (χ0v) is 15.5. The third-order valence-corrected chi connectivity index (χ3v) is 5.93. The van der Waals surface area contributed by atoms with Gasteiger partial charge in [0.25, 0.3) is 0 Å². The van der Waals surface area contributed by atoms with E-state index in [1.807, 2.05) is 26.0 Å².